The summed E-state index contributed by atoms with van der Waals surface area (Å²) in [7, 11) is 1.59. The summed E-state index contributed by atoms with van der Waals surface area (Å²) in [6, 6.07) is 7.24. The van der Waals surface area contributed by atoms with Crippen molar-refractivity contribution in [1.29, 1.82) is 0 Å². The third-order valence-corrected chi connectivity index (χ3v) is 3.32. The van der Waals surface area contributed by atoms with E-state index >= 15 is 0 Å². The van der Waals surface area contributed by atoms with Gasteiger partial charge in [0.05, 0.1) is 25.0 Å². The lowest BCUT2D eigenvalue weighted by molar-refractivity contribution is 0.0525. The summed E-state index contributed by atoms with van der Waals surface area (Å²) in [5, 5.41) is 9.51. The summed E-state index contributed by atoms with van der Waals surface area (Å²) in [4.78, 5) is 11.6. The molecule has 1 aromatic heterocycles. The highest BCUT2D eigenvalue weighted by atomic mass is 16.6. The Hall–Kier alpha value is -2.90. The normalized spacial score (nSPS) is 11.1. The molecule has 0 saturated heterocycles. The Balaban J connectivity index is 1.93. The zero-order valence-electron chi connectivity index (χ0n) is 15.6. The number of methoxy groups -OCH3 is 1. The number of carbonyl (C=O) groups is 1. The first-order valence-electron chi connectivity index (χ1n) is 8.38. The lowest BCUT2D eigenvalue weighted by atomic mass is 10.1. The van der Waals surface area contributed by atoms with Crippen molar-refractivity contribution >= 4 is 11.9 Å². The van der Waals surface area contributed by atoms with E-state index in [1.165, 1.54) is 0 Å². The molecule has 0 aliphatic rings. The summed E-state index contributed by atoms with van der Waals surface area (Å²) in [6.45, 7) is 6.33. The molecule has 0 spiro atoms. The standard InChI is InChI=1S/C18H26N4O4/c1-18(2,3)26-17(23)20-9-6-10-25-14-8-5-7-13(24-4)16(14)12-11-15(19)22-21-12/h5,7-8,11H,6,9-10H2,1-4H3,(H,20,23)(H3,19,21,22). The van der Waals surface area contributed by atoms with E-state index in [1.54, 1.807) is 13.2 Å². The van der Waals surface area contributed by atoms with E-state index in [4.69, 9.17) is 19.9 Å². The second-order valence-corrected chi connectivity index (χ2v) is 6.67. The van der Waals surface area contributed by atoms with Crippen LogP contribution in [0.3, 0.4) is 0 Å². The first-order valence-corrected chi connectivity index (χ1v) is 8.38. The van der Waals surface area contributed by atoms with Crippen LogP contribution in [0.1, 0.15) is 27.2 Å². The van der Waals surface area contributed by atoms with Gasteiger partial charge in [-0.05, 0) is 39.3 Å². The second kappa shape index (κ2) is 8.46. The topological polar surface area (TPSA) is 111 Å². The minimum Gasteiger partial charge on any atom is -0.496 e. The summed E-state index contributed by atoms with van der Waals surface area (Å²) < 4.78 is 16.5. The SMILES string of the molecule is COc1cccc(OCCCNC(=O)OC(C)(C)C)c1-c1cc(N)n[nH]1. The molecule has 0 radical (unpaired) electrons. The molecule has 0 fully saturated rings. The van der Waals surface area contributed by atoms with Crippen LogP contribution in [-0.2, 0) is 4.74 Å². The van der Waals surface area contributed by atoms with Gasteiger partial charge in [-0.3, -0.25) is 5.10 Å². The number of aromatic amines is 1. The molecule has 0 unspecified atom stereocenters. The smallest absolute Gasteiger partial charge is 0.407 e. The number of hydrogen-bond acceptors (Lipinski definition) is 6. The molecule has 0 bridgehead atoms. The summed E-state index contributed by atoms with van der Waals surface area (Å²) >= 11 is 0. The van der Waals surface area contributed by atoms with E-state index in [1.807, 2.05) is 39.0 Å². The number of nitrogens with zero attached hydrogens (tertiary/aromatic N) is 1. The van der Waals surface area contributed by atoms with Crippen molar-refractivity contribution in [2.24, 2.45) is 0 Å². The highest BCUT2D eigenvalue weighted by Gasteiger charge is 2.16. The summed E-state index contributed by atoms with van der Waals surface area (Å²) in [5.41, 5.74) is 6.64. The van der Waals surface area contributed by atoms with Crippen molar-refractivity contribution in [3.8, 4) is 22.8 Å². The molecule has 1 aromatic carbocycles. The number of alkyl carbamates (subject to hydrolysis) is 1. The molecule has 2 rings (SSSR count). The number of rotatable bonds is 7. The Bertz CT molecular complexity index is 737. The zero-order valence-corrected chi connectivity index (χ0v) is 15.6. The fourth-order valence-electron chi connectivity index (χ4n) is 2.29. The van der Waals surface area contributed by atoms with Crippen LogP contribution in [0.4, 0.5) is 10.6 Å². The third kappa shape index (κ3) is 5.58. The van der Waals surface area contributed by atoms with Gasteiger partial charge in [-0.25, -0.2) is 4.79 Å². The van der Waals surface area contributed by atoms with Gasteiger partial charge in [0.15, 0.2) is 0 Å². The maximum absolute atomic E-state index is 11.6. The van der Waals surface area contributed by atoms with Crippen LogP contribution >= 0.6 is 0 Å². The molecule has 0 aliphatic heterocycles. The van der Waals surface area contributed by atoms with Crippen molar-refractivity contribution < 1.29 is 19.0 Å². The van der Waals surface area contributed by atoms with Crippen LogP contribution in [-0.4, -0.2) is 42.2 Å². The van der Waals surface area contributed by atoms with E-state index in [-0.39, 0.29) is 0 Å². The molecular weight excluding hydrogens is 336 g/mol. The number of anilines is 1. The number of H-pyrrole nitrogens is 1. The minimum absolute atomic E-state index is 0.387. The number of nitrogens with two attached hydrogens (primary N) is 1. The minimum atomic E-state index is -0.512. The Labute approximate surface area is 153 Å². The van der Waals surface area contributed by atoms with Crippen molar-refractivity contribution in [2.45, 2.75) is 32.8 Å². The van der Waals surface area contributed by atoms with E-state index in [2.05, 4.69) is 15.5 Å². The second-order valence-electron chi connectivity index (χ2n) is 6.67. The summed E-state index contributed by atoms with van der Waals surface area (Å²) in [6.07, 6.45) is 0.189. The molecule has 8 heteroatoms. The highest BCUT2D eigenvalue weighted by molar-refractivity contribution is 5.75. The third-order valence-electron chi connectivity index (χ3n) is 3.32. The summed E-state index contributed by atoms with van der Waals surface area (Å²) in [5.74, 6) is 1.68. The van der Waals surface area contributed by atoms with Gasteiger partial charge in [-0.1, -0.05) is 6.07 Å². The number of hydrogen-bond donors (Lipinski definition) is 3. The van der Waals surface area contributed by atoms with Crippen LogP contribution in [0.15, 0.2) is 24.3 Å². The van der Waals surface area contributed by atoms with Crippen LogP contribution in [0, 0.1) is 0 Å². The van der Waals surface area contributed by atoms with Crippen LogP contribution < -0.4 is 20.5 Å². The number of aromatic nitrogens is 2. The molecule has 1 heterocycles. The Kier molecular flexibility index (Phi) is 6.32. The maximum Gasteiger partial charge on any atom is 0.407 e. The van der Waals surface area contributed by atoms with E-state index in [9.17, 15) is 4.79 Å². The predicted octanol–water partition coefficient (Wildman–Crippen LogP) is 2.96. The van der Waals surface area contributed by atoms with Gasteiger partial charge in [-0.15, -0.1) is 0 Å². The fraction of sp³-hybridized carbons (Fsp3) is 0.444. The highest BCUT2D eigenvalue weighted by Crippen LogP contribution is 2.37. The van der Waals surface area contributed by atoms with Gasteiger partial charge in [0.2, 0.25) is 0 Å². The van der Waals surface area contributed by atoms with Crippen LogP contribution in [0.5, 0.6) is 11.5 Å². The quantitative estimate of drug-likeness (QED) is 0.653. The van der Waals surface area contributed by atoms with Gasteiger partial charge >= 0.3 is 6.09 Å². The zero-order chi connectivity index (χ0) is 19.2. The van der Waals surface area contributed by atoms with Crippen LogP contribution in [0.2, 0.25) is 0 Å². The maximum atomic E-state index is 11.6. The molecule has 4 N–H and O–H groups in total. The van der Waals surface area contributed by atoms with Crippen LogP contribution in [0.25, 0.3) is 11.3 Å². The van der Waals surface area contributed by atoms with Gasteiger partial charge in [-0.2, -0.15) is 5.10 Å². The molecule has 8 nitrogen and oxygen atoms in total. The molecular formula is C18H26N4O4. The Morgan fingerprint density at radius 2 is 2.04 bits per heavy atom. The van der Waals surface area contributed by atoms with Gasteiger partial charge in [0, 0.05) is 12.6 Å². The molecule has 0 atom stereocenters. The number of nitrogens with one attached hydrogen (secondary N) is 2. The number of nitrogen functional groups attached to an aromatic ring is 1. The molecule has 1 amide bonds. The number of benzene rings is 1. The van der Waals surface area contributed by atoms with E-state index in [0.717, 1.165) is 5.56 Å². The molecule has 0 aliphatic carbocycles. The first-order chi connectivity index (χ1) is 12.3. The first kappa shape index (κ1) is 19.4. The monoisotopic (exact) mass is 362 g/mol. The Morgan fingerprint density at radius 3 is 2.65 bits per heavy atom. The molecule has 2 aromatic rings. The average Bonchev–Trinajstić information content (AvgIpc) is 2.98. The van der Waals surface area contributed by atoms with Crippen molar-refractivity contribution in [3.63, 3.8) is 0 Å². The van der Waals surface area contributed by atoms with Crippen molar-refractivity contribution in [3.05, 3.63) is 24.3 Å². The van der Waals surface area contributed by atoms with Crippen molar-refractivity contribution in [1.82, 2.24) is 15.5 Å². The predicted molar refractivity (Wildman–Crippen MR) is 99.3 cm³/mol. The number of amides is 1. The Morgan fingerprint density at radius 1 is 1.31 bits per heavy atom. The van der Waals surface area contributed by atoms with E-state index in [0.29, 0.717) is 42.6 Å². The fourth-order valence-corrected chi connectivity index (χ4v) is 2.29. The number of ether oxygens (including phenoxy) is 3. The molecule has 142 valence electrons. The van der Waals surface area contributed by atoms with Crippen molar-refractivity contribution in [2.75, 3.05) is 26.0 Å². The average molecular weight is 362 g/mol. The molecule has 0 saturated carbocycles. The van der Waals surface area contributed by atoms with Gasteiger partial charge in [0.25, 0.3) is 0 Å². The van der Waals surface area contributed by atoms with E-state index < -0.39 is 11.7 Å². The lowest BCUT2D eigenvalue weighted by Crippen LogP contribution is -2.33. The largest absolute Gasteiger partial charge is 0.496 e. The number of carbonyl (C=O) groups excluding carboxylic acids is 1. The van der Waals surface area contributed by atoms with Gasteiger partial charge < -0.3 is 25.3 Å². The lowest BCUT2D eigenvalue weighted by Gasteiger charge is -2.19. The van der Waals surface area contributed by atoms with Gasteiger partial charge in [0.1, 0.15) is 22.9 Å². The molecule has 26 heavy (non-hydrogen) atoms.